The summed E-state index contributed by atoms with van der Waals surface area (Å²) in [6.45, 7) is 3.42. The number of hydrogen-bond acceptors (Lipinski definition) is 4. The fourth-order valence-electron chi connectivity index (χ4n) is 3.09. The first-order valence-electron chi connectivity index (χ1n) is 10.0. The lowest BCUT2D eigenvalue weighted by atomic mass is 10.1. The van der Waals surface area contributed by atoms with Gasteiger partial charge in [0.1, 0.15) is 0 Å². The standard InChI is InChI=1S/C24H23Cl2N3O3S/c1-17-9-11-21(12-10-17)33(31,32)29(15-19-6-3-5-18(2)13-19)16-23(30)28-27-14-20-7-4-8-22(25)24(20)26/h3-14H,15-16H2,1-2H3,(H,28,30)/b27-14-. The molecule has 3 aromatic carbocycles. The number of aryl methyl sites for hydroxylation is 2. The van der Waals surface area contributed by atoms with Crippen LogP contribution in [0.25, 0.3) is 0 Å². The van der Waals surface area contributed by atoms with Crippen molar-refractivity contribution in [3.63, 3.8) is 0 Å². The number of hydrazone groups is 1. The van der Waals surface area contributed by atoms with Gasteiger partial charge in [0.2, 0.25) is 10.0 Å². The molecule has 6 nitrogen and oxygen atoms in total. The van der Waals surface area contributed by atoms with Crippen LogP contribution in [0.1, 0.15) is 22.3 Å². The van der Waals surface area contributed by atoms with Crippen molar-refractivity contribution in [2.45, 2.75) is 25.3 Å². The Kier molecular flexibility index (Phi) is 8.26. The first-order chi connectivity index (χ1) is 15.7. The maximum atomic E-state index is 13.3. The second-order valence-electron chi connectivity index (χ2n) is 7.51. The SMILES string of the molecule is Cc1ccc(S(=O)(=O)N(CC(=O)N/N=C\c2cccc(Cl)c2Cl)Cc2cccc(C)c2)cc1. The van der Waals surface area contributed by atoms with Crippen molar-refractivity contribution in [2.75, 3.05) is 6.54 Å². The summed E-state index contributed by atoms with van der Waals surface area (Å²) >= 11 is 12.1. The summed E-state index contributed by atoms with van der Waals surface area (Å²) in [4.78, 5) is 12.7. The number of rotatable bonds is 8. The summed E-state index contributed by atoms with van der Waals surface area (Å²) in [6.07, 6.45) is 1.35. The molecule has 0 radical (unpaired) electrons. The van der Waals surface area contributed by atoms with Gasteiger partial charge in [-0.2, -0.15) is 9.41 Å². The Morgan fingerprint density at radius 1 is 1.00 bits per heavy atom. The average molecular weight is 504 g/mol. The molecule has 0 aliphatic heterocycles. The molecule has 172 valence electrons. The minimum absolute atomic E-state index is 0.0369. The number of amides is 1. The molecule has 9 heteroatoms. The van der Waals surface area contributed by atoms with Gasteiger partial charge in [0.25, 0.3) is 5.91 Å². The van der Waals surface area contributed by atoms with E-state index in [0.29, 0.717) is 15.6 Å². The summed E-state index contributed by atoms with van der Waals surface area (Å²) < 4.78 is 27.8. The molecule has 33 heavy (non-hydrogen) atoms. The predicted molar refractivity (Wildman–Crippen MR) is 132 cm³/mol. The highest BCUT2D eigenvalue weighted by atomic mass is 35.5. The van der Waals surface area contributed by atoms with E-state index in [-0.39, 0.29) is 11.4 Å². The highest BCUT2D eigenvalue weighted by molar-refractivity contribution is 7.89. The number of nitrogens with zero attached hydrogens (tertiary/aromatic N) is 2. The maximum absolute atomic E-state index is 13.3. The topological polar surface area (TPSA) is 78.8 Å². The van der Waals surface area contributed by atoms with Crippen LogP contribution in [0.2, 0.25) is 10.0 Å². The Labute approximate surface area is 203 Å². The smallest absolute Gasteiger partial charge is 0.255 e. The molecule has 1 amide bonds. The van der Waals surface area contributed by atoms with E-state index in [1.807, 2.05) is 38.1 Å². The lowest BCUT2D eigenvalue weighted by Gasteiger charge is -2.22. The first-order valence-corrected chi connectivity index (χ1v) is 12.2. The van der Waals surface area contributed by atoms with Crippen LogP contribution >= 0.6 is 23.2 Å². The molecule has 1 N–H and O–H groups in total. The summed E-state index contributed by atoms with van der Waals surface area (Å²) in [5, 5.41) is 4.56. The van der Waals surface area contributed by atoms with Crippen LogP contribution < -0.4 is 5.43 Å². The maximum Gasteiger partial charge on any atom is 0.255 e. The fraction of sp³-hybridized carbons (Fsp3) is 0.167. The van der Waals surface area contributed by atoms with Crippen LogP contribution in [0.15, 0.2) is 76.7 Å². The van der Waals surface area contributed by atoms with Crippen molar-refractivity contribution in [3.8, 4) is 0 Å². The zero-order valence-corrected chi connectivity index (χ0v) is 20.5. The van der Waals surface area contributed by atoms with Gasteiger partial charge in [-0.3, -0.25) is 4.79 Å². The lowest BCUT2D eigenvalue weighted by Crippen LogP contribution is -2.39. The van der Waals surface area contributed by atoms with Gasteiger partial charge in [0.15, 0.2) is 0 Å². The van der Waals surface area contributed by atoms with Gasteiger partial charge >= 0.3 is 0 Å². The molecule has 3 rings (SSSR count). The lowest BCUT2D eigenvalue weighted by molar-refractivity contribution is -0.121. The van der Waals surface area contributed by atoms with Crippen LogP contribution in [0.4, 0.5) is 0 Å². The molecule has 3 aromatic rings. The molecule has 0 aliphatic carbocycles. The molecule has 0 atom stereocenters. The third kappa shape index (κ3) is 6.65. The second kappa shape index (κ2) is 10.9. The Bertz CT molecular complexity index is 1280. The molecule has 0 saturated heterocycles. The van der Waals surface area contributed by atoms with Crippen molar-refractivity contribution in [3.05, 3.63) is 99.0 Å². The molecule has 0 saturated carbocycles. The molecule has 0 heterocycles. The summed E-state index contributed by atoms with van der Waals surface area (Å²) in [5.41, 5.74) is 5.58. The van der Waals surface area contributed by atoms with E-state index in [1.54, 1.807) is 30.3 Å². The van der Waals surface area contributed by atoms with E-state index in [9.17, 15) is 13.2 Å². The van der Waals surface area contributed by atoms with Gasteiger partial charge in [-0.05, 0) is 37.6 Å². The molecule has 0 aliphatic rings. The fourth-order valence-corrected chi connectivity index (χ4v) is 4.83. The number of hydrogen-bond donors (Lipinski definition) is 1. The zero-order valence-electron chi connectivity index (χ0n) is 18.1. The minimum Gasteiger partial charge on any atom is -0.272 e. The molecule has 0 bridgehead atoms. The molecule has 0 spiro atoms. The van der Waals surface area contributed by atoms with Crippen LogP contribution in [0.3, 0.4) is 0 Å². The van der Waals surface area contributed by atoms with Crippen molar-refractivity contribution >= 4 is 45.3 Å². The van der Waals surface area contributed by atoms with Gasteiger partial charge in [-0.1, -0.05) is 82.9 Å². The second-order valence-corrected chi connectivity index (χ2v) is 10.2. The number of benzene rings is 3. The number of carbonyl (C=O) groups excluding carboxylic acids is 1. The van der Waals surface area contributed by atoms with Gasteiger partial charge in [0, 0.05) is 12.1 Å². The van der Waals surface area contributed by atoms with Crippen molar-refractivity contribution < 1.29 is 13.2 Å². The van der Waals surface area contributed by atoms with Crippen LogP contribution in [0, 0.1) is 13.8 Å². The molecular formula is C24H23Cl2N3O3S. The third-order valence-electron chi connectivity index (χ3n) is 4.79. The highest BCUT2D eigenvalue weighted by Gasteiger charge is 2.27. The molecule has 0 fully saturated rings. The number of sulfonamides is 1. The van der Waals surface area contributed by atoms with E-state index < -0.39 is 22.5 Å². The van der Waals surface area contributed by atoms with Crippen molar-refractivity contribution in [1.82, 2.24) is 9.73 Å². The van der Waals surface area contributed by atoms with Crippen molar-refractivity contribution in [1.29, 1.82) is 0 Å². The van der Waals surface area contributed by atoms with Crippen LogP contribution in [-0.2, 0) is 21.4 Å². The van der Waals surface area contributed by atoms with Gasteiger partial charge < -0.3 is 0 Å². The van der Waals surface area contributed by atoms with Gasteiger partial charge in [0.05, 0.1) is 27.7 Å². The van der Waals surface area contributed by atoms with E-state index >= 15 is 0 Å². The quantitative estimate of drug-likeness (QED) is 0.348. The van der Waals surface area contributed by atoms with Crippen molar-refractivity contribution in [2.24, 2.45) is 5.10 Å². The summed E-state index contributed by atoms with van der Waals surface area (Å²) in [5.74, 6) is -0.590. The zero-order chi connectivity index (χ0) is 24.0. The third-order valence-corrected chi connectivity index (χ3v) is 7.43. The summed E-state index contributed by atoms with van der Waals surface area (Å²) in [6, 6.07) is 19.0. The van der Waals surface area contributed by atoms with E-state index in [0.717, 1.165) is 21.0 Å². The number of halogens is 2. The van der Waals surface area contributed by atoms with Gasteiger partial charge in [-0.25, -0.2) is 13.8 Å². The van der Waals surface area contributed by atoms with Crippen LogP contribution in [-0.4, -0.2) is 31.4 Å². The largest absolute Gasteiger partial charge is 0.272 e. The Hall–Kier alpha value is -2.71. The summed E-state index contributed by atoms with van der Waals surface area (Å²) in [7, 11) is -3.93. The average Bonchev–Trinajstić information content (AvgIpc) is 2.76. The molecule has 0 unspecified atom stereocenters. The molecular weight excluding hydrogens is 481 g/mol. The first kappa shape index (κ1) is 24.9. The highest BCUT2D eigenvalue weighted by Crippen LogP contribution is 2.24. The van der Waals surface area contributed by atoms with E-state index in [1.165, 1.54) is 18.3 Å². The normalized spacial score (nSPS) is 11.8. The van der Waals surface area contributed by atoms with Gasteiger partial charge in [-0.15, -0.1) is 0 Å². The predicted octanol–water partition coefficient (Wildman–Crippen LogP) is 4.95. The number of carbonyl (C=O) groups is 1. The van der Waals surface area contributed by atoms with E-state index in [4.69, 9.17) is 23.2 Å². The van der Waals surface area contributed by atoms with E-state index in [2.05, 4.69) is 10.5 Å². The van der Waals surface area contributed by atoms with Crippen LogP contribution in [0.5, 0.6) is 0 Å². The monoisotopic (exact) mass is 503 g/mol. The Morgan fingerprint density at radius 3 is 2.39 bits per heavy atom. The Morgan fingerprint density at radius 2 is 1.70 bits per heavy atom. The molecule has 0 aromatic heterocycles. The Balaban J connectivity index is 1.81. The minimum atomic E-state index is -3.93. The number of nitrogens with one attached hydrogen (secondary N) is 1.